The van der Waals surface area contributed by atoms with Gasteiger partial charge >= 0.3 is 5.97 Å². The lowest BCUT2D eigenvalue weighted by molar-refractivity contribution is -0.138. The molecule has 178 valence electrons. The van der Waals surface area contributed by atoms with Crippen molar-refractivity contribution in [2.45, 2.75) is 46.5 Å². The van der Waals surface area contributed by atoms with E-state index in [-0.39, 0.29) is 17.8 Å². The van der Waals surface area contributed by atoms with Gasteiger partial charge in [-0.1, -0.05) is 38.1 Å². The molecule has 6 heteroatoms. The highest BCUT2D eigenvalue weighted by Gasteiger charge is 2.46. The van der Waals surface area contributed by atoms with E-state index < -0.39 is 11.9 Å². The lowest BCUT2D eigenvalue weighted by Crippen LogP contribution is -2.43. The van der Waals surface area contributed by atoms with Crippen LogP contribution in [0.25, 0.3) is 0 Å². The fourth-order valence-electron chi connectivity index (χ4n) is 5.01. The fourth-order valence-corrected chi connectivity index (χ4v) is 5.01. The summed E-state index contributed by atoms with van der Waals surface area (Å²) in [4.78, 5) is 28.9. The number of allylic oxidation sites excluding steroid dienone is 2. The molecule has 2 aromatic rings. The molecule has 1 aliphatic heterocycles. The molecular formula is C28H32N2O4. The zero-order valence-corrected chi connectivity index (χ0v) is 20.5. The SMILES string of the molecule is CCOC(=O)C1=C(N)N(c2cccc(C)c2)C2=C(C(=O)CC(C)(C)C2)C1c1ccc(OC)cc1. The first kappa shape index (κ1) is 23.6. The second-order valence-electron chi connectivity index (χ2n) is 9.70. The number of nitrogens with two attached hydrogens (primary N) is 1. The van der Waals surface area contributed by atoms with Crippen molar-refractivity contribution in [1.82, 2.24) is 0 Å². The highest BCUT2D eigenvalue weighted by molar-refractivity contribution is 6.05. The Hall–Kier alpha value is -3.54. The van der Waals surface area contributed by atoms with Crippen molar-refractivity contribution in [1.29, 1.82) is 0 Å². The predicted molar refractivity (Wildman–Crippen MR) is 132 cm³/mol. The van der Waals surface area contributed by atoms with E-state index >= 15 is 0 Å². The molecule has 1 atom stereocenters. The van der Waals surface area contributed by atoms with Crippen LogP contribution >= 0.6 is 0 Å². The fraction of sp³-hybridized carbons (Fsp3) is 0.357. The maximum absolute atomic E-state index is 13.7. The molecule has 0 saturated heterocycles. The minimum absolute atomic E-state index is 0.0269. The first-order valence-corrected chi connectivity index (χ1v) is 11.6. The standard InChI is InChI=1S/C28H32N2O4/c1-6-34-27(32)25-23(18-10-12-20(33-5)13-11-18)24-21(15-28(3,4)16-22(24)31)30(26(25)29)19-9-7-8-17(2)14-19/h7-14,23H,6,15-16,29H2,1-5H3. The van der Waals surface area contributed by atoms with Crippen LogP contribution in [0.5, 0.6) is 5.75 Å². The van der Waals surface area contributed by atoms with Gasteiger partial charge in [-0.05, 0) is 61.1 Å². The number of carbonyl (C=O) groups is 2. The summed E-state index contributed by atoms with van der Waals surface area (Å²) in [6.07, 6.45) is 1.06. The number of hydrogen-bond acceptors (Lipinski definition) is 6. The third kappa shape index (κ3) is 4.20. The van der Waals surface area contributed by atoms with Gasteiger partial charge in [0.05, 0.1) is 25.2 Å². The van der Waals surface area contributed by atoms with Gasteiger partial charge in [-0.15, -0.1) is 0 Å². The van der Waals surface area contributed by atoms with E-state index in [4.69, 9.17) is 15.2 Å². The van der Waals surface area contributed by atoms with Crippen LogP contribution < -0.4 is 15.4 Å². The Morgan fingerprint density at radius 3 is 2.47 bits per heavy atom. The molecular weight excluding hydrogens is 428 g/mol. The van der Waals surface area contributed by atoms with Gasteiger partial charge < -0.3 is 15.2 Å². The monoisotopic (exact) mass is 460 g/mol. The Labute approximate surface area is 201 Å². The van der Waals surface area contributed by atoms with Crippen LogP contribution in [0.2, 0.25) is 0 Å². The molecule has 1 heterocycles. The smallest absolute Gasteiger partial charge is 0.338 e. The Bertz CT molecular complexity index is 1190. The minimum atomic E-state index is -0.607. The van der Waals surface area contributed by atoms with Crippen LogP contribution in [0.4, 0.5) is 5.69 Å². The summed E-state index contributed by atoms with van der Waals surface area (Å²) in [5.74, 6) is -0.0960. The Kier molecular flexibility index (Phi) is 6.26. The highest BCUT2D eigenvalue weighted by Crippen LogP contribution is 2.50. The molecule has 2 N–H and O–H groups in total. The Morgan fingerprint density at radius 2 is 1.85 bits per heavy atom. The number of hydrogen-bond donors (Lipinski definition) is 1. The summed E-state index contributed by atoms with van der Waals surface area (Å²) in [5.41, 5.74) is 11.0. The molecule has 0 fully saturated rings. The molecule has 0 bridgehead atoms. The number of esters is 1. The molecule has 34 heavy (non-hydrogen) atoms. The average Bonchev–Trinajstić information content (AvgIpc) is 2.77. The van der Waals surface area contributed by atoms with Gasteiger partial charge in [0.1, 0.15) is 11.6 Å². The number of benzene rings is 2. The number of nitrogens with zero attached hydrogens (tertiary/aromatic N) is 1. The van der Waals surface area contributed by atoms with Gasteiger partial charge in [0.25, 0.3) is 0 Å². The van der Waals surface area contributed by atoms with Gasteiger partial charge in [0, 0.05) is 23.4 Å². The van der Waals surface area contributed by atoms with Crippen molar-refractivity contribution in [2.24, 2.45) is 11.1 Å². The molecule has 0 spiro atoms. The quantitative estimate of drug-likeness (QED) is 0.634. The summed E-state index contributed by atoms with van der Waals surface area (Å²) >= 11 is 0. The van der Waals surface area contributed by atoms with Crippen LogP contribution in [0.15, 0.2) is 71.2 Å². The van der Waals surface area contributed by atoms with E-state index in [0.717, 1.165) is 22.5 Å². The maximum atomic E-state index is 13.7. The third-order valence-electron chi connectivity index (χ3n) is 6.46. The normalized spacial score (nSPS) is 19.7. The number of Topliss-reactive ketones (excluding diaryl/α,β-unsaturated/α-hetero) is 1. The van der Waals surface area contributed by atoms with Crippen LogP contribution in [-0.2, 0) is 14.3 Å². The Balaban J connectivity index is 2.01. The van der Waals surface area contributed by atoms with Crippen LogP contribution in [0.3, 0.4) is 0 Å². The van der Waals surface area contributed by atoms with Crippen LogP contribution in [-0.4, -0.2) is 25.5 Å². The number of ether oxygens (including phenoxy) is 2. The molecule has 0 aromatic heterocycles. The van der Waals surface area contributed by atoms with Crippen molar-refractivity contribution in [3.8, 4) is 5.75 Å². The maximum Gasteiger partial charge on any atom is 0.338 e. The predicted octanol–water partition coefficient (Wildman–Crippen LogP) is 4.98. The molecule has 1 unspecified atom stereocenters. The molecule has 6 nitrogen and oxygen atoms in total. The van der Waals surface area contributed by atoms with Crippen molar-refractivity contribution in [3.05, 3.63) is 82.3 Å². The number of rotatable bonds is 5. The van der Waals surface area contributed by atoms with E-state index in [0.29, 0.717) is 35.6 Å². The topological polar surface area (TPSA) is 81.9 Å². The molecule has 4 rings (SSSR count). The van der Waals surface area contributed by atoms with Crippen molar-refractivity contribution in [2.75, 3.05) is 18.6 Å². The lowest BCUT2D eigenvalue weighted by atomic mass is 9.68. The van der Waals surface area contributed by atoms with Gasteiger partial charge in [-0.3, -0.25) is 9.69 Å². The van der Waals surface area contributed by atoms with Crippen molar-refractivity contribution < 1.29 is 19.1 Å². The molecule has 1 aliphatic carbocycles. The summed E-state index contributed by atoms with van der Waals surface area (Å²) in [6.45, 7) is 8.16. The first-order valence-electron chi connectivity index (χ1n) is 11.6. The average molecular weight is 461 g/mol. The van der Waals surface area contributed by atoms with Gasteiger partial charge in [0.15, 0.2) is 5.78 Å². The second-order valence-corrected chi connectivity index (χ2v) is 9.70. The summed E-state index contributed by atoms with van der Waals surface area (Å²) in [6, 6.07) is 15.4. The zero-order valence-electron chi connectivity index (χ0n) is 20.5. The van der Waals surface area contributed by atoms with Crippen molar-refractivity contribution >= 4 is 17.4 Å². The minimum Gasteiger partial charge on any atom is -0.497 e. The number of aryl methyl sites for hydroxylation is 1. The second kappa shape index (κ2) is 9.01. The van der Waals surface area contributed by atoms with E-state index in [9.17, 15) is 9.59 Å². The zero-order chi connectivity index (χ0) is 24.6. The summed E-state index contributed by atoms with van der Waals surface area (Å²) in [5, 5.41) is 0. The number of methoxy groups -OCH3 is 1. The first-order chi connectivity index (χ1) is 16.2. The number of ketones is 1. The van der Waals surface area contributed by atoms with E-state index in [2.05, 4.69) is 13.8 Å². The van der Waals surface area contributed by atoms with E-state index in [1.165, 1.54) is 0 Å². The van der Waals surface area contributed by atoms with Gasteiger partial charge in [-0.2, -0.15) is 0 Å². The van der Waals surface area contributed by atoms with Crippen molar-refractivity contribution in [3.63, 3.8) is 0 Å². The number of anilines is 1. The molecule has 2 aliphatic rings. The molecule has 0 radical (unpaired) electrons. The molecule has 0 amide bonds. The summed E-state index contributed by atoms with van der Waals surface area (Å²) < 4.78 is 10.8. The largest absolute Gasteiger partial charge is 0.497 e. The lowest BCUT2D eigenvalue weighted by Gasteiger charge is -2.44. The van der Waals surface area contributed by atoms with E-state index in [1.807, 2.05) is 60.4 Å². The molecule has 0 saturated carbocycles. The van der Waals surface area contributed by atoms with Crippen LogP contribution in [0.1, 0.15) is 50.7 Å². The van der Waals surface area contributed by atoms with Gasteiger partial charge in [0.2, 0.25) is 0 Å². The number of carbonyl (C=O) groups excluding carboxylic acids is 2. The molecule has 2 aromatic carbocycles. The summed E-state index contributed by atoms with van der Waals surface area (Å²) in [7, 11) is 1.60. The third-order valence-corrected chi connectivity index (χ3v) is 6.46. The van der Waals surface area contributed by atoms with Gasteiger partial charge in [-0.25, -0.2) is 4.79 Å². The highest BCUT2D eigenvalue weighted by atomic mass is 16.5. The Morgan fingerprint density at radius 1 is 1.15 bits per heavy atom. The van der Waals surface area contributed by atoms with E-state index in [1.54, 1.807) is 14.0 Å². The van der Waals surface area contributed by atoms with Crippen LogP contribution in [0, 0.1) is 12.3 Å².